The Kier molecular flexibility index (Phi) is 4.37. The summed E-state index contributed by atoms with van der Waals surface area (Å²) in [6.45, 7) is 9.84. The van der Waals surface area contributed by atoms with E-state index in [1.54, 1.807) is 11.0 Å². The van der Waals surface area contributed by atoms with E-state index in [0.29, 0.717) is 42.6 Å². The van der Waals surface area contributed by atoms with Crippen LogP contribution in [-0.4, -0.2) is 41.3 Å². The molecule has 2 aliphatic rings. The zero-order chi connectivity index (χ0) is 20.1. The molecule has 0 aliphatic carbocycles. The van der Waals surface area contributed by atoms with Gasteiger partial charge in [0.1, 0.15) is 24.7 Å². The summed E-state index contributed by atoms with van der Waals surface area (Å²) in [5, 5.41) is 8.40. The monoisotopic (exact) mass is 379 g/mol. The fourth-order valence-corrected chi connectivity index (χ4v) is 3.62. The molecule has 3 heterocycles. The normalized spacial score (nSPS) is 15.6. The van der Waals surface area contributed by atoms with Gasteiger partial charge in [0, 0.05) is 28.9 Å². The molecule has 0 bridgehead atoms. The number of hydrogen-bond acceptors (Lipinski definition) is 5. The number of fused-ring (bicyclic) bond motifs is 2. The van der Waals surface area contributed by atoms with Crippen molar-refractivity contribution < 1.29 is 14.3 Å². The number of aromatic nitrogens is 1. The molecular formula is C22H25N3O3. The SMILES string of the molecule is Cc1ccc2c(n1)C(=N)N(CC(=O)c1cc3c(c(C(C)(C)C)c1)OCCO3)C2. The van der Waals surface area contributed by atoms with Gasteiger partial charge in [-0.25, -0.2) is 4.98 Å². The number of nitrogens with zero attached hydrogens (tertiary/aromatic N) is 2. The predicted molar refractivity (Wildman–Crippen MR) is 107 cm³/mol. The van der Waals surface area contributed by atoms with Crippen molar-refractivity contribution in [3.05, 3.63) is 52.3 Å². The third-order valence-corrected chi connectivity index (χ3v) is 5.13. The number of hydrogen-bond donors (Lipinski definition) is 1. The van der Waals surface area contributed by atoms with Crippen LogP contribution in [0.15, 0.2) is 24.3 Å². The van der Waals surface area contributed by atoms with Gasteiger partial charge in [0.25, 0.3) is 0 Å². The van der Waals surface area contributed by atoms with Crippen molar-refractivity contribution in [1.29, 1.82) is 5.41 Å². The third-order valence-electron chi connectivity index (χ3n) is 5.13. The number of nitrogens with one attached hydrogen (secondary N) is 1. The standard InChI is InChI=1S/C22H25N3O3/c1-13-5-6-14-11-25(21(23)19(14)24-13)12-17(26)15-9-16(22(2,3)4)20-18(10-15)27-7-8-28-20/h5-6,9-10,23H,7-8,11-12H2,1-4H3. The summed E-state index contributed by atoms with van der Waals surface area (Å²) in [6, 6.07) is 7.60. The highest BCUT2D eigenvalue weighted by molar-refractivity contribution is 6.04. The minimum atomic E-state index is -0.181. The first kappa shape index (κ1) is 18.5. The van der Waals surface area contributed by atoms with E-state index in [0.717, 1.165) is 22.6 Å². The topological polar surface area (TPSA) is 75.5 Å². The molecule has 0 saturated heterocycles. The maximum Gasteiger partial charge on any atom is 0.182 e. The second-order valence-corrected chi connectivity index (χ2v) is 8.39. The molecule has 0 saturated carbocycles. The number of Topliss-reactive ketones (excluding diaryl/α,β-unsaturated/α-hetero) is 1. The molecular weight excluding hydrogens is 354 g/mol. The lowest BCUT2D eigenvalue weighted by Crippen LogP contribution is -2.31. The highest BCUT2D eigenvalue weighted by Crippen LogP contribution is 2.41. The summed E-state index contributed by atoms with van der Waals surface area (Å²) in [5.74, 6) is 1.62. The van der Waals surface area contributed by atoms with Crippen molar-refractivity contribution in [3.8, 4) is 11.5 Å². The van der Waals surface area contributed by atoms with Gasteiger partial charge in [0.15, 0.2) is 17.3 Å². The van der Waals surface area contributed by atoms with Crippen molar-refractivity contribution in [2.75, 3.05) is 19.8 Å². The van der Waals surface area contributed by atoms with Crippen LogP contribution in [0.4, 0.5) is 0 Å². The molecule has 28 heavy (non-hydrogen) atoms. The Hall–Kier alpha value is -2.89. The number of carbonyl (C=O) groups is 1. The maximum absolute atomic E-state index is 13.1. The number of aryl methyl sites for hydroxylation is 1. The van der Waals surface area contributed by atoms with E-state index in [1.165, 1.54) is 0 Å². The Labute approximate surface area is 165 Å². The van der Waals surface area contributed by atoms with Crippen LogP contribution in [0.1, 0.15) is 53.6 Å². The number of ketones is 1. The van der Waals surface area contributed by atoms with E-state index in [9.17, 15) is 4.79 Å². The molecule has 1 aromatic carbocycles. The smallest absolute Gasteiger partial charge is 0.182 e. The van der Waals surface area contributed by atoms with Crippen LogP contribution in [0.25, 0.3) is 0 Å². The molecule has 0 fully saturated rings. The van der Waals surface area contributed by atoms with Crippen molar-refractivity contribution >= 4 is 11.6 Å². The highest BCUT2D eigenvalue weighted by atomic mass is 16.6. The zero-order valence-electron chi connectivity index (χ0n) is 16.8. The number of pyridine rings is 1. The minimum absolute atomic E-state index is 0.0447. The molecule has 1 N–H and O–H groups in total. The molecule has 2 aromatic rings. The van der Waals surface area contributed by atoms with Crippen LogP contribution in [0.2, 0.25) is 0 Å². The van der Waals surface area contributed by atoms with Crippen LogP contribution in [-0.2, 0) is 12.0 Å². The quantitative estimate of drug-likeness (QED) is 0.827. The van der Waals surface area contributed by atoms with Gasteiger partial charge in [-0.05, 0) is 30.5 Å². The van der Waals surface area contributed by atoms with Crippen molar-refractivity contribution in [2.24, 2.45) is 0 Å². The second-order valence-electron chi connectivity index (χ2n) is 8.39. The second kappa shape index (κ2) is 6.62. The summed E-state index contributed by atoms with van der Waals surface area (Å²) >= 11 is 0. The van der Waals surface area contributed by atoms with Gasteiger partial charge in [-0.15, -0.1) is 0 Å². The van der Waals surface area contributed by atoms with Crippen molar-refractivity contribution in [3.63, 3.8) is 0 Å². The molecule has 6 heteroatoms. The minimum Gasteiger partial charge on any atom is -0.486 e. The van der Waals surface area contributed by atoms with Crippen molar-refractivity contribution in [1.82, 2.24) is 9.88 Å². The van der Waals surface area contributed by atoms with Crippen molar-refractivity contribution in [2.45, 2.75) is 39.7 Å². The number of rotatable bonds is 3. The summed E-state index contributed by atoms with van der Waals surface area (Å²) in [4.78, 5) is 19.3. The lowest BCUT2D eigenvalue weighted by molar-refractivity contribution is 0.0961. The van der Waals surface area contributed by atoms with Crippen LogP contribution < -0.4 is 9.47 Å². The fourth-order valence-electron chi connectivity index (χ4n) is 3.62. The first-order valence-corrected chi connectivity index (χ1v) is 9.52. The molecule has 0 amide bonds. The van der Waals surface area contributed by atoms with Gasteiger partial charge in [-0.1, -0.05) is 26.8 Å². The van der Waals surface area contributed by atoms with Gasteiger partial charge in [0.05, 0.1) is 6.54 Å². The van der Waals surface area contributed by atoms with Crippen LogP contribution >= 0.6 is 0 Å². The molecule has 2 aliphatic heterocycles. The van der Waals surface area contributed by atoms with Crippen LogP contribution in [0.5, 0.6) is 11.5 Å². The summed E-state index contributed by atoms with van der Waals surface area (Å²) in [5.41, 5.74) is 3.90. The molecule has 0 spiro atoms. The van der Waals surface area contributed by atoms with E-state index in [4.69, 9.17) is 14.9 Å². The van der Waals surface area contributed by atoms with Crippen LogP contribution in [0.3, 0.4) is 0 Å². The number of benzene rings is 1. The summed E-state index contributed by atoms with van der Waals surface area (Å²) < 4.78 is 11.6. The Balaban J connectivity index is 1.62. The predicted octanol–water partition coefficient (Wildman–Crippen LogP) is 3.48. The van der Waals surface area contributed by atoms with Gasteiger partial charge >= 0.3 is 0 Å². The van der Waals surface area contributed by atoms with Gasteiger partial charge in [0.2, 0.25) is 0 Å². The lowest BCUT2D eigenvalue weighted by atomic mass is 9.84. The number of carbonyl (C=O) groups excluding carboxylic acids is 1. The fraction of sp³-hybridized carbons (Fsp3) is 0.409. The molecule has 6 nitrogen and oxygen atoms in total. The molecule has 0 radical (unpaired) electrons. The molecule has 4 rings (SSSR count). The van der Waals surface area contributed by atoms with Crippen LogP contribution in [0, 0.1) is 12.3 Å². The molecule has 1 aromatic heterocycles. The van der Waals surface area contributed by atoms with Gasteiger partial charge in [-0.2, -0.15) is 0 Å². The third kappa shape index (κ3) is 3.23. The average molecular weight is 379 g/mol. The molecule has 0 atom stereocenters. The average Bonchev–Trinajstić information content (AvgIpc) is 2.95. The Morgan fingerprint density at radius 3 is 2.71 bits per heavy atom. The largest absolute Gasteiger partial charge is 0.486 e. The van der Waals surface area contributed by atoms with E-state index in [-0.39, 0.29) is 17.7 Å². The Morgan fingerprint density at radius 2 is 1.96 bits per heavy atom. The van der Waals surface area contributed by atoms with Gasteiger partial charge in [-0.3, -0.25) is 10.2 Å². The molecule has 0 unspecified atom stereocenters. The van der Waals surface area contributed by atoms with E-state index in [1.807, 2.05) is 25.1 Å². The first-order valence-electron chi connectivity index (χ1n) is 9.52. The summed E-state index contributed by atoms with van der Waals surface area (Å²) in [7, 11) is 0. The number of ether oxygens (including phenoxy) is 2. The Bertz CT molecular complexity index is 976. The highest BCUT2D eigenvalue weighted by Gasteiger charge is 2.30. The maximum atomic E-state index is 13.1. The van der Waals surface area contributed by atoms with E-state index in [2.05, 4.69) is 25.8 Å². The summed E-state index contributed by atoms with van der Waals surface area (Å²) in [6.07, 6.45) is 0. The molecule has 146 valence electrons. The van der Waals surface area contributed by atoms with E-state index < -0.39 is 0 Å². The van der Waals surface area contributed by atoms with E-state index >= 15 is 0 Å². The zero-order valence-corrected chi connectivity index (χ0v) is 16.8. The lowest BCUT2D eigenvalue weighted by Gasteiger charge is -2.28. The van der Waals surface area contributed by atoms with Gasteiger partial charge < -0.3 is 14.4 Å². The first-order chi connectivity index (χ1) is 13.2. The Morgan fingerprint density at radius 1 is 1.21 bits per heavy atom. The number of amidine groups is 1.